The van der Waals surface area contributed by atoms with Crippen molar-refractivity contribution >= 4 is 35.2 Å². The number of methoxy groups -OCH3 is 1. The number of alkyl halides is 2. The SMILES string of the molecule is COC(=O)OCOc1c2n(ccc1=O)N([C@@H]1c3ccccc3-c3scc4c3-c3c1ccc(F)c3C(F)(F)C4)[C@@H]1CSCCN1C2=O. The molecule has 1 fully saturated rings. The van der Waals surface area contributed by atoms with Gasteiger partial charge in [0.15, 0.2) is 5.69 Å². The van der Waals surface area contributed by atoms with E-state index in [0.717, 1.165) is 29.2 Å². The van der Waals surface area contributed by atoms with Gasteiger partial charge in [-0.2, -0.15) is 11.8 Å². The van der Waals surface area contributed by atoms with Crippen LogP contribution in [0.5, 0.6) is 5.75 Å². The predicted octanol–water partition coefficient (Wildman–Crippen LogP) is 5.72. The standard InChI is InChI=1S/C32H24F3N3O6S2/c1-42-31(41)44-15-43-28-21(39)8-9-37-27(28)30(40)36-10-11-45-14-22(36)38(37)26-17-4-2-3-5-18(17)29-23-16(13-46-29)12-32(34,35)25-20(33)7-6-19(26)24(23)25/h2-9,13,22,26H,10-12,14-15H2,1H3/t22-,26-/m1/s1. The number of carbonyl (C=O) groups excluding carboxylic acids is 2. The molecule has 2 aliphatic carbocycles. The number of nitrogens with zero attached hydrogens (tertiary/aromatic N) is 3. The monoisotopic (exact) mass is 667 g/mol. The normalized spacial score (nSPS) is 20.1. The second-order valence-electron chi connectivity index (χ2n) is 11.2. The molecule has 8 rings (SSSR count). The average molecular weight is 668 g/mol. The highest BCUT2D eigenvalue weighted by Crippen LogP contribution is 2.58. The van der Waals surface area contributed by atoms with Crippen LogP contribution < -0.4 is 15.2 Å². The zero-order valence-electron chi connectivity index (χ0n) is 24.1. The lowest BCUT2D eigenvalue weighted by Gasteiger charge is -2.51. The Morgan fingerprint density at radius 1 is 1.09 bits per heavy atom. The van der Waals surface area contributed by atoms with E-state index in [2.05, 4.69) is 4.74 Å². The third-order valence-corrected chi connectivity index (χ3v) is 10.9. The number of rotatable bonds is 4. The Morgan fingerprint density at radius 2 is 1.91 bits per heavy atom. The number of thioether (sulfide) groups is 1. The fourth-order valence-electron chi connectivity index (χ4n) is 7.02. The number of hydrogen-bond donors (Lipinski definition) is 0. The van der Waals surface area contributed by atoms with Gasteiger partial charge in [0, 0.05) is 52.7 Å². The summed E-state index contributed by atoms with van der Waals surface area (Å²) in [6.07, 6.45) is -0.758. The highest BCUT2D eigenvalue weighted by molar-refractivity contribution is 7.99. The summed E-state index contributed by atoms with van der Waals surface area (Å²) in [5, 5.41) is 3.62. The number of carbonyl (C=O) groups is 2. The van der Waals surface area contributed by atoms with Gasteiger partial charge in [-0.05, 0) is 33.7 Å². The molecule has 0 saturated carbocycles. The molecule has 4 heterocycles. The lowest BCUT2D eigenvalue weighted by Crippen LogP contribution is -2.65. The van der Waals surface area contributed by atoms with E-state index < -0.39 is 60.2 Å². The van der Waals surface area contributed by atoms with Crippen LogP contribution in [-0.4, -0.2) is 59.8 Å². The average Bonchev–Trinajstić information content (AvgIpc) is 3.41. The van der Waals surface area contributed by atoms with Crippen molar-refractivity contribution in [3.63, 3.8) is 0 Å². The minimum Gasteiger partial charge on any atom is -0.451 e. The molecule has 9 nitrogen and oxygen atoms in total. The molecule has 2 aromatic carbocycles. The van der Waals surface area contributed by atoms with Crippen molar-refractivity contribution in [3.8, 4) is 27.3 Å². The second-order valence-corrected chi connectivity index (χ2v) is 13.2. The first kappa shape index (κ1) is 29.0. The molecule has 46 heavy (non-hydrogen) atoms. The van der Waals surface area contributed by atoms with Crippen molar-refractivity contribution in [2.45, 2.75) is 24.6 Å². The van der Waals surface area contributed by atoms with Gasteiger partial charge >= 0.3 is 6.16 Å². The van der Waals surface area contributed by atoms with Gasteiger partial charge in [0.1, 0.15) is 12.0 Å². The second kappa shape index (κ2) is 10.6. The van der Waals surface area contributed by atoms with Gasteiger partial charge in [-0.15, -0.1) is 11.3 Å². The van der Waals surface area contributed by atoms with E-state index in [9.17, 15) is 14.4 Å². The summed E-state index contributed by atoms with van der Waals surface area (Å²) in [6.45, 7) is -0.349. The van der Waals surface area contributed by atoms with Crippen LogP contribution >= 0.6 is 23.1 Å². The first-order valence-corrected chi connectivity index (χ1v) is 16.4. The Hall–Kier alpha value is -4.43. The quantitative estimate of drug-likeness (QED) is 0.202. The van der Waals surface area contributed by atoms with Crippen LogP contribution in [0.3, 0.4) is 0 Å². The smallest absolute Gasteiger partial charge is 0.451 e. The van der Waals surface area contributed by atoms with Crippen molar-refractivity contribution in [2.75, 3.05) is 37.0 Å². The fourth-order valence-corrected chi connectivity index (χ4v) is 9.18. The molecule has 2 aliphatic heterocycles. The Labute approximate surface area is 268 Å². The molecule has 0 bridgehead atoms. The number of pyridine rings is 1. The number of amides is 1. The van der Waals surface area contributed by atoms with Gasteiger partial charge < -0.3 is 19.1 Å². The molecule has 0 radical (unpaired) electrons. The van der Waals surface area contributed by atoms with Crippen LogP contribution in [0.4, 0.5) is 18.0 Å². The van der Waals surface area contributed by atoms with Crippen molar-refractivity contribution in [2.24, 2.45) is 0 Å². The predicted molar refractivity (Wildman–Crippen MR) is 165 cm³/mol. The summed E-state index contributed by atoms with van der Waals surface area (Å²) in [4.78, 5) is 41.3. The van der Waals surface area contributed by atoms with Crippen LogP contribution in [0.2, 0.25) is 0 Å². The third-order valence-electron chi connectivity index (χ3n) is 8.84. The number of fused-ring (bicyclic) bond motifs is 4. The van der Waals surface area contributed by atoms with E-state index in [1.165, 1.54) is 28.3 Å². The lowest BCUT2D eigenvalue weighted by molar-refractivity contribution is -0.00826. The van der Waals surface area contributed by atoms with Crippen LogP contribution in [0.15, 0.2) is 58.8 Å². The molecule has 14 heteroatoms. The van der Waals surface area contributed by atoms with E-state index >= 15 is 13.2 Å². The van der Waals surface area contributed by atoms with Crippen molar-refractivity contribution < 1.29 is 37.0 Å². The first-order valence-electron chi connectivity index (χ1n) is 14.4. The van der Waals surface area contributed by atoms with Gasteiger partial charge in [0.2, 0.25) is 18.0 Å². The maximum Gasteiger partial charge on any atom is 0.510 e. The molecule has 2 atom stereocenters. The summed E-state index contributed by atoms with van der Waals surface area (Å²) in [7, 11) is 1.12. The lowest BCUT2D eigenvalue weighted by atomic mass is 9.80. The molecule has 0 N–H and O–H groups in total. The molecule has 1 saturated heterocycles. The molecule has 4 aromatic rings. The van der Waals surface area contributed by atoms with Crippen LogP contribution in [0.1, 0.15) is 38.8 Å². The molecule has 0 unspecified atom stereocenters. The maximum atomic E-state index is 15.8. The summed E-state index contributed by atoms with van der Waals surface area (Å²) in [5.41, 5.74) is 1.87. The minimum atomic E-state index is -3.45. The van der Waals surface area contributed by atoms with Crippen LogP contribution in [-0.2, 0) is 21.8 Å². The fraction of sp³-hybridized carbons (Fsp3) is 0.281. The van der Waals surface area contributed by atoms with Gasteiger partial charge in [0.05, 0.1) is 18.7 Å². The Morgan fingerprint density at radius 3 is 2.74 bits per heavy atom. The van der Waals surface area contributed by atoms with E-state index in [4.69, 9.17) is 9.47 Å². The topological polar surface area (TPSA) is 90.3 Å². The summed E-state index contributed by atoms with van der Waals surface area (Å²) >= 11 is 2.99. The Bertz CT molecular complexity index is 2010. The van der Waals surface area contributed by atoms with E-state index in [0.29, 0.717) is 34.7 Å². The summed E-state index contributed by atoms with van der Waals surface area (Å²) in [6, 6.07) is 10.6. The molecular weight excluding hydrogens is 643 g/mol. The zero-order chi connectivity index (χ0) is 31.9. The third kappa shape index (κ3) is 4.12. The molecule has 0 spiro atoms. The van der Waals surface area contributed by atoms with Crippen LogP contribution in [0.25, 0.3) is 21.6 Å². The highest BCUT2D eigenvalue weighted by atomic mass is 32.2. The van der Waals surface area contributed by atoms with Crippen molar-refractivity contribution in [1.29, 1.82) is 0 Å². The molecular formula is C32H24F3N3O6S2. The summed E-state index contributed by atoms with van der Waals surface area (Å²) < 4.78 is 63.7. The highest BCUT2D eigenvalue weighted by Gasteiger charge is 2.50. The van der Waals surface area contributed by atoms with Crippen LogP contribution in [0, 0.1) is 5.82 Å². The zero-order valence-corrected chi connectivity index (χ0v) is 25.8. The maximum absolute atomic E-state index is 15.8. The number of ether oxygens (including phenoxy) is 3. The van der Waals surface area contributed by atoms with E-state index in [-0.39, 0.29) is 17.0 Å². The van der Waals surface area contributed by atoms with Gasteiger partial charge in [-0.3, -0.25) is 19.3 Å². The van der Waals surface area contributed by atoms with Gasteiger partial charge in [-0.1, -0.05) is 30.3 Å². The van der Waals surface area contributed by atoms with Crippen molar-refractivity contribution in [1.82, 2.24) is 9.58 Å². The number of benzene rings is 2. The largest absolute Gasteiger partial charge is 0.510 e. The van der Waals surface area contributed by atoms with E-state index in [1.807, 2.05) is 29.3 Å². The van der Waals surface area contributed by atoms with Crippen molar-refractivity contribution in [3.05, 3.63) is 98.0 Å². The minimum absolute atomic E-state index is 0.109. The number of thiophene rings is 1. The number of aromatic nitrogens is 1. The van der Waals surface area contributed by atoms with E-state index in [1.54, 1.807) is 28.1 Å². The summed E-state index contributed by atoms with van der Waals surface area (Å²) in [5.74, 6) is -4.13. The van der Waals surface area contributed by atoms with Gasteiger partial charge in [-0.25, -0.2) is 18.0 Å². The molecule has 1 amide bonds. The van der Waals surface area contributed by atoms with Gasteiger partial charge in [0.25, 0.3) is 11.8 Å². The Kier molecular flexibility index (Phi) is 6.66. The number of halogens is 3. The molecule has 4 aliphatic rings. The number of hydrogen-bond acceptors (Lipinski definition) is 9. The molecule has 236 valence electrons. The first-order chi connectivity index (χ1) is 22.2. The molecule has 2 aromatic heterocycles. The Balaban J connectivity index is 1.41.